The van der Waals surface area contributed by atoms with Crippen molar-refractivity contribution >= 4 is 9.84 Å². The van der Waals surface area contributed by atoms with Crippen molar-refractivity contribution in [1.29, 1.82) is 0 Å². The van der Waals surface area contributed by atoms with Gasteiger partial charge in [-0.15, -0.1) is 0 Å². The predicted molar refractivity (Wildman–Crippen MR) is 59.5 cm³/mol. The largest absolute Gasteiger partial charge is 0.338 e. The number of aromatic nitrogens is 2. The van der Waals surface area contributed by atoms with Crippen molar-refractivity contribution in [3.63, 3.8) is 0 Å². The normalized spacial score (nSPS) is 13.9. The monoisotopic (exact) mass is 247 g/mol. The zero-order chi connectivity index (χ0) is 12.2. The molecule has 0 radical (unpaired) electrons. The third-order valence-electron chi connectivity index (χ3n) is 2.07. The van der Waals surface area contributed by atoms with Crippen LogP contribution in [0.2, 0.25) is 0 Å². The molecular weight excluding hydrogens is 230 g/mol. The molecule has 0 amide bonds. The fraction of sp³-hybridized carbons (Fsp3) is 0.778. The number of nitrogens with two attached hydrogens (primary N) is 1. The van der Waals surface area contributed by atoms with E-state index in [2.05, 4.69) is 10.1 Å². The highest BCUT2D eigenvalue weighted by molar-refractivity contribution is 7.90. The van der Waals surface area contributed by atoms with Crippen LogP contribution in [0.1, 0.15) is 37.5 Å². The van der Waals surface area contributed by atoms with Crippen LogP contribution >= 0.6 is 0 Å². The van der Waals surface area contributed by atoms with E-state index >= 15 is 0 Å². The molecule has 2 N–H and O–H groups in total. The van der Waals surface area contributed by atoms with Crippen LogP contribution in [0.15, 0.2) is 4.52 Å². The van der Waals surface area contributed by atoms with E-state index < -0.39 is 15.9 Å². The summed E-state index contributed by atoms with van der Waals surface area (Å²) in [5.41, 5.74) is 5.75. The van der Waals surface area contributed by atoms with Crippen molar-refractivity contribution < 1.29 is 12.9 Å². The second-order valence-electron chi connectivity index (χ2n) is 3.82. The highest BCUT2D eigenvalue weighted by Crippen LogP contribution is 2.13. The zero-order valence-corrected chi connectivity index (χ0v) is 10.3. The molecule has 0 aliphatic rings. The Balaban J connectivity index is 2.55. The first-order valence-corrected chi connectivity index (χ1v) is 7.24. The van der Waals surface area contributed by atoms with Crippen LogP contribution in [0.3, 0.4) is 0 Å². The lowest BCUT2D eigenvalue weighted by molar-refractivity contribution is 0.348. The first-order valence-electron chi connectivity index (χ1n) is 5.18. The highest BCUT2D eigenvalue weighted by Gasteiger charge is 2.16. The average molecular weight is 247 g/mol. The minimum atomic E-state index is -3.00. The molecule has 16 heavy (non-hydrogen) atoms. The Bertz CT molecular complexity index is 427. The number of hydrogen-bond donors (Lipinski definition) is 1. The van der Waals surface area contributed by atoms with Gasteiger partial charge in [0.2, 0.25) is 5.89 Å². The third kappa shape index (κ3) is 4.28. The van der Waals surface area contributed by atoms with Crippen molar-refractivity contribution in [3.8, 4) is 0 Å². The molecule has 0 aromatic carbocycles. The molecular formula is C9H17N3O3S. The molecule has 92 valence electrons. The van der Waals surface area contributed by atoms with E-state index in [0.29, 0.717) is 18.1 Å². The lowest BCUT2D eigenvalue weighted by atomic mass is 10.2. The molecule has 0 bridgehead atoms. The van der Waals surface area contributed by atoms with Crippen LogP contribution in [-0.4, -0.2) is 30.6 Å². The number of rotatable bonds is 6. The molecule has 7 heteroatoms. The van der Waals surface area contributed by atoms with Crippen LogP contribution < -0.4 is 5.73 Å². The molecule has 0 saturated carbocycles. The second kappa shape index (κ2) is 5.40. The average Bonchev–Trinajstić information content (AvgIpc) is 2.62. The summed E-state index contributed by atoms with van der Waals surface area (Å²) in [5, 5.41) is 3.76. The number of nitrogens with zero attached hydrogens (tertiary/aromatic N) is 2. The molecule has 0 fully saturated rings. The number of hydrogen-bond acceptors (Lipinski definition) is 6. The lowest BCUT2D eigenvalue weighted by Crippen LogP contribution is -2.16. The minimum Gasteiger partial charge on any atom is -0.338 e. The van der Waals surface area contributed by atoms with Crippen LogP contribution in [0, 0.1) is 0 Å². The van der Waals surface area contributed by atoms with Gasteiger partial charge in [-0.05, 0) is 12.8 Å². The molecule has 1 rings (SSSR count). The molecule has 1 heterocycles. The quantitative estimate of drug-likeness (QED) is 0.783. The molecule has 1 unspecified atom stereocenters. The van der Waals surface area contributed by atoms with Gasteiger partial charge in [0.15, 0.2) is 5.82 Å². The maximum absolute atomic E-state index is 11.0. The Morgan fingerprint density at radius 3 is 2.75 bits per heavy atom. The van der Waals surface area contributed by atoms with Crippen molar-refractivity contribution in [2.75, 3.05) is 12.0 Å². The van der Waals surface area contributed by atoms with Crippen LogP contribution in [0.4, 0.5) is 0 Å². The fourth-order valence-corrected chi connectivity index (χ4v) is 1.89. The number of sulfone groups is 1. The Hall–Kier alpha value is -0.950. The molecule has 0 saturated heterocycles. The highest BCUT2D eigenvalue weighted by atomic mass is 32.2. The van der Waals surface area contributed by atoms with E-state index in [4.69, 9.17) is 10.3 Å². The topological polar surface area (TPSA) is 99.1 Å². The molecule has 1 atom stereocenters. The van der Waals surface area contributed by atoms with Crippen LogP contribution in [-0.2, 0) is 16.3 Å². The first kappa shape index (κ1) is 13.1. The Labute approximate surface area is 95.1 Å². The number of aryl methyl sites for hydroxylation is 1. The molecule has 1 aromatic heterocycles. The van der Waals surface area contributed by atoms with Gasteiger partial charge in [-0.3, -0.25) is 0 Å². The van der Waals surface area contributed by atoms with Gasteiger partial charge >= 0.3 is 0 Å². The maximum atomic E-state index is 11.0. The molecule has 0 aliphatic heterocycles. The molecule has 6 nitrogen and oxygen atoms in total. The standard InChI is InChI=1S/C9H17N3O3S/c1-3-4-8-11-9(15-12-8)7(10)5-6-16(2,13)14/h7H,3-6,10H2,1-2H3. The van der Waals surface area contributed by atoms with Crippen LogP contribution in [0.25, 0.3) is 0 Å². The summed E-state index contributed by atoms with van der Waals surface area (Å²) in [6.45, 7) is 2.01. The summed E-state index contributed by atoms with van der Waals surface area (Å²) >= 11 is 0. The van der Waals surface area contributed by atoms with Crippen molar-refractivity contribution in [1.82, 2.24) is 10.1 Å². The first-order chi connectivity index (χ1) is 7.42. The Kier molecular flexibility index (Phi) is 4.43. The van der Waals surface area contributed by atoms with E-state index in [1.807, 2.05) is 6.92 Å². The molecule has 1 aromatic rings. The Morgan fingerprint density at radius 2 is 2.19 bits per heavy atom. The maximum Gasteiger partial charge on any atom is 0.243 e. The van der Waals surface area contributed by atoms with Gasteiger partial charge in [-0.2, -0.15) is 4.98 Å². The van der Waals surface area contributed by atoms with Gasteiger partial charge in [0.25, 0.3) is 0 Å². The van der Waals surface area contributed by atoms with E-state index in [0.717, 1.165) is 12.8 Å². The molecule has 0 spiro atoms. The lowest BCUT2D eigenvalue weighted by Gasteiger charge is -2.04. The molecule has 0 aliphatic carbocycles. The van der Waals surface area contributed by atoms with Gasteiger partial charge in [-0.1, -0.05) is 12.1 Å². The summed E-state index contributed by atoms with van der Waals surface area (Å²) in [6, 6.07) is -0.507. The van der Waals surface area contributed by atoms with Gasteiger partial charge < -0.3 is 10.3 Å². The van der Waals surface area contributed by atoms with E-state index in [1.165, 1.54) is 6.26 Å². The minimum absolute atomic E-state index is 0.0274. The van der Waals surface area contributed by atoms with Crippen molar-refractivity contribution in [2.45, 2.75) is 32.2 Å². The smallest absolute Gasteiger partial charge is 0.243 e. The predicted octanol–water partition coefficient (Wildman–Crippen LogP) is 0.457. The summed E-state index contributed by atoms with van der Waals surface area (Å²) in [7, 11) is -3.00. The summed E-state index contributed by atoms with van der Waals surface area (Å²) in [5.74, 6) is 0.957. The summed E-state index contributed by atoms with van der Waals surface area (Å²) in [6.07, 6.45) is 3.14. The van der Waals surface area contributed by atoms with Gasteiger partial charge in [0, 0.05) is 12.7 Å². The van der Waals surface area contributed by atoms with Crippen molar-refractivity contribution in [2.24, 2.45) is 5.73 Å². The zero-order valence-electron chi connectivity index (χ0n) is 9.51. The van der Waals surface area contributed by atoms with Gasteiger partial charge in [-0.25, -0.2) is 8.42 Å². The van der Waals surface area contributed by atoms with E-state index in [1.54, 1.807) is 0 Å². The van der Waals surface area contributed by atoms with Crippen molar-refractivity contribution in [3.05, 3.63) is 11.7 Å². The third-order valence-corrected chi connectivity index (χ3v) is 3.05. The summed E-state index contributed by atoms with van der Waals surface area (Å²) < 4.78 is 26.9. The van der Waals surface area contributed by atoms with Crippen LogP contribution in [0.5, 0.6) is 0 Å². The van der Waals surface area contributed by atoms with Gasteiger partial charge in [0.05, 0.1) is 11.8 Å². The summed E-state index contributed by atoms with van der Waals surface area (Å²) in [4.78, 5) is 4.10. The fourth-order valence-electron chi connectivity index (χ4n) is 1.21. The SMILES string of the molecule is CCCc1noc(C(N)CCS(C)(=O)=O)n1. The van der Waals surface area contributed by atoms with E-state index in [-0.39, 0.29) is 5.75 Å². The van der Waals surface area contributed by atoms with E-state index in [9.17, 15) is 8.42 Å². The van der Waals surface area contributed by atoms with Gasteiger partial charge in [0.1, 0.15) is 9.84 Å². The Morgan fingerprint density at radius 1 is 1.50 bits per heavy atom. The second-order valence-corrected chi connectivity index (χ2v) is 6.08.